The SMILES string of the molecule is COc1cc(C2CC(=O)c3cc(C)ccc3O2)ccc1O. The number of phenolic OH excluding ortho intramolecular Hbond substituents is 1. The average molecular weight is 284 g/mol. The van der Waals surface area contributed by atoms with Gasteiger partial charge < -0.3 is 14.6 Å². The number of ether oxygens (including phenoxy) is 2. The van der Waals surface area contributed by atoms with Crippen molar-refractivity contribution in [2.45, 2.75) is 19.4 Å². The molecule has 0 radical (unpaired) electrons. The van der Waals surface area contributed by atoms with E-state index in [0.29, 0.717) is 17.1 Å². The molecule has 21 heavy (non-hydrogen) atoms. The Balaban J connectivity index is 1.96. The van der Waals surface area contributed by atoms with Crippen LogP contribution in [0.1, 0.15) is 34.0 Å². The van der Waals surface area contributed by atoms with Crippen LogP contribution in [0.25, 0.3) is 0 Å². The van der Waals surface area contributed by atoms with Crippen molar-refractivity contribution in [2.24, 2.45) is 0 Å². The fourth-order valence-electron chi connectivity index (χ4n) is 2.52. The number of methoxy groups -OCH3 is 1. The zero-order valence-electron chi connectivity index (χ0n) is 11.9. The summed E-state index contributed by atoms with van der Waals surface area (Å²) in [7, 11) is 1.49. The molecule has 1 N–H and O–H groups in total. The molecule has 108 valence electrons. The number of fused-ring (bicyclic) bond motifs is 1. The lowest BCUT2D eigenvalue weighted by molar-refractivity contribution is 0.0849. The fourth-order valence-corrected chi connectivity index (χ4v) is 2.52. The van der Waals surface area contributed by atoms with Crippen LogP contribution >= 0.6 is 0 Å². The number of hydrogen-bond acceptors (Lipinski definition) is 4. The topological polar surface area (TPSA) is 55.8 Å². The van der Waals surface area contributed by atoms with Crippen molar-refractivity contribution in [1.82, 2.24) is 0 Å². The number of Topliss-reactive ketones (excluding diaryl/α,β-unsaturated/α-hetero) is 1. The minimum atomic E-state index is -0.359. The van der Waals surface area contributed by atoms with Gasteiger partial charge >= 0.3 is 0 Å². The van der Waals surface area contributed by atoms with E-state index in [1.807, 2.05) is 25.1 Å². The zero-order chi connectivity index (χ0) is 15.0. The molecular weight excluding hydrogens is 268 g/mol. The second-order valence-corrected chi connectivity index (χ2v) is 5.16. The highest BCUT2D eigenvalue weighted by atomic mass is 16.5. The highest BCUT2D eigenvalue weighted by Gasteiger charge is 2.28. The molecule has 4 nitrogen and oxygen atoms in total. The van der Waals surface area contributed by atoms with Crippen molar-refractivity contribution in [3.8, 4) is 17.2 Å². The number of carbonyl (C=O) groups is 1. The predicted octanol–water partition coefficient (Wildman–Crippen LogP) is 3.42. The largest absolute Gasteiger partial charge is 0.504 e. The number of ketones is 1. The summed E-state index contributed by atoms with van der Waals surface area (Å²) in [6.45, 7) is 1.95. The lowest BCUT2D eigenvalue weighted by Gasteiger charge is -2.26. The molecular formula is C17H16O4. The first kappa shape index (κ1) is 13.5. The van der Waals surface area contributed by atoms with Gasteiger partial charge in [-0.25, -0.2) is 0 Å². The second kappa shape index (κ2) is 5.13. The number of aryl methyl sites for hydroxylation is 1. The predicted molar refractivity (Wildman–Crippen MR) is 78.2 cm³/mol. The molecule has 1 aliphatic rings. The average Bonchev–Trinajstić information content (AvgIpc) is 2.48. The Kier molecular flexibility index (Phi) is 3.29. The highest BCUT2D eigenvalue weighted by Crippen LogP contribution is 2.37. The Morgan fingerprint density at radius 1 is 1.24 bits per heavy atom. The lowest BCUT2D eigenvalue weighted by Crippen LogP contribution is -2.20. The molecule has 1 unspecified atom stereocenters. The maximum absolute atomic E-state index is 12.3. The smallest absolute Gasteiger partial charge is 0.170 e. The molecule has 0 bridgehead atoms. The van der Waals surface area contributed by atoms with Gasteiger partial charge in [0.15, 0.2) is 17.3 Å². The summed E-state index contributed by atoms with van der Waals surface area (Å²) in [6.07, 6.45) is -0.0769. The first-order valence-corrected chi connectivity index (χ1v) is 6.76. The monoisotopic (exact) mass is 284 g/mol. The van der Waals surface area contributed by atoms with Crippen molar-refractivity contribution in [1.29, 1.82) is 0 Å². The van der Waals surface area contributed by atoms with Crippen LogP contribution in [-0.2, 0) is 0 Å². The van der Waals surface area contributed by atoms with E-state index in [-0.39, 0.29) is 24.1 Å². The third-order valence-electron chi connectivity index (χ3n) is 3.65. The molecule has 3 rings (SSSR count). The number of phenols is 1. The molecule has 0 aromatic heterocycles. The maximum Gasteiger partial charge on any atom is 0.170 e. The molecule has 0 spiro atoms. The van der Waals surface area contributed by atoms with Crippen LogP contribution in [0, 0.1) is 6.92 Å². The molecule has 4 heteroatoms. The Morgan fingerprint density at radius 3 is 2.81 bits per heavy atom. The minimum absolute atomic E-state index is 0.0667. The van der Waals surface area contributed by atoms with Gasteiger partial charge in [-0.2, -0.15) is 0 Å². The summed E-state index contributed by atoms with van der Waals surface area (Å²) in [5.74, 6) is 1.11. The molecule has 1 heterocycles. The first-order valence-electron chi connectivity index (χ1n) is 6.76. The van der Waals surface area contributed by atoms with E-state index in [0.717, 1.165) is 11.1 Å². The van der Waals surface area contributed by atoms with Gasteiger partial charge in [0.1, 0.15) is 11.9 Å². The van der Waals surface area contributed by atoms with Crippen molar-refractivity contribution in [3.05, 3.63) is 53.1 Å². The molecule has 0 fully saturated rings. The standard InChI is InChI=1S/C17H16O4/c1-10-3-6-15-12(7-10)14(19)9-16(21-15)11-4-5-13(18)17(8-11)20-2/h3-8,16,18H,9H2,1-2H3. The van der Waals surface area contributed by atoms with Gasteiger partial charge in [0.05, 0.1) is 19.1 Å². The molecule has 2 aromatic carbocycles. The quantitative estimate of drug-likeness (QED) is 0.918. The van der Waals surface area contributed by atoms with Gasteiger partial charge in [-0.1, -0.05) is 17.7 Å². The van der Waals surface area contributed by atoms with Crippen LogP contribution in [0.5, 0.6) is 17.2 Å². The van der Waals surface area contributed by atoms with Crippen LogP contribution in [0.15, 0.2) is 36.4 Å². The maximum atomic E-state index is 12.3. The Bertz CT molecular complexity index is 706. The summed E-state index contributed by atoms with van der Waals surface area (Å²) in [5, 5.41) is 9.64. The molecule has 0 saturated heterocycles. The Labute approximate surface area is 122 Å². The van der Waals surface area contributed by atoms with Gasteiger partial charge in [0.25, 0.3) is 0 Å². The third-order valence-corrected chi connectivity index (χ3v) is 3.65. The van der Waals surface area contributed by atoms with E-state index >= 15 is 0 Å². The van der Waals surface area contributed by atoms with Crippen LogP contribution in [0.4, 0.5) is 0 Å². The van der Waals surface area contributed by atoms with Gasteiger partial charge in [0.2, 0.25) is 0 Å². The fraction of sp³-hybridized carbons (Fsp3) is 0.235. The van der Waals surface area contributed by atoms with E-state index in [2.05, 4.69) is 0 Å². The summed E-state index contributed by atoms with van der Waals surface area (Å²) in [6, 6.07) is 10.6. The molecule has 0 amide bonds. The molecule has 2 aromatic rings. The summed E-state index contributed by atoms with van der Waals surface area (Å²) in [4.78, 5) is 12.3. The van der Waals surface area contributed by atoms with Gasteiger partial charge in [-0.15, -0.1) is 0 Å². The number of aromatic hydroxyl groups is 1. The van der Waals surface area contributed by atoms with Crippen LogP contribution in [0.2, 0.25) is 0 Å². The number of hydrogen-bond donors (Lipinski definition) is 1. The minimum Gasteiger partial charge on any atom is -0.504 e. The Morgan fingerprint density at radius 2 is 2.05 bits per heavy atom. The summed E-state index contributed by atoms with van der Waals surface area (Å²) < 4.78 is 11.0. The van der Waals surface area contributed by atoms with Crippen molar-refractivity contribution in [3.63, 3.8) is 0 Å². The van der Waals surface area contributed by atoms with E-state index in [1.165, 1.54) is 7.11 Å². The molecule has 1 aliphatic heterocycles. The third kappa shape index (κ3) is 2.44. The molecule has 0 saturated carbocycles. The number of rotatable bonds is 2. The Hall–Kier alpha value is -2.49. The van der Waals surface area contributed by atoms with Crippen molar-refractivity contribution < 1.29 is 19.4 Å². The summed E-state index contributed by atoms with van der Waals surface area (Å²) >= 11 is 0. The van der Waals surface area contributed by atoms with Gasteiger partial charge in [-0.3, -0.25) is 4.79 Å². The molecule has 1 atom stereocenters. The zero-order valence-corrected chi connectivity index (χ0v) is 11.9. The molecule has 0 aliphatic carbocycles. The highest BCUT2D eigenvalue weighted by molar-refractivity contribution is 6.00. The van der Waals surface area contributed by atoms with E-state index in [1.54, 1.807) is 18.2 Å². The second-order valence-electron chi connectivity index (χ2n) is 5.16. The lowest BCUT2D eigenvalue weighted by atomic mass is 9.95. The van der Waals surface area contributed by atoms with Crippen LogP contribution in [0.3, 0.4) is 0 Å². The number of benzene rings is 2. The number of carbonyl (C=O) groups excluding carboxylic acids is 1. The normalized spacial score (nSPS) is 17.0. The first-order chi connectivity index (χ1) is 10.1. The van der Waals surface area contributed by atoms with Crippen LogP contribution < -0.4 is 9.47 Å². The van der Waals surface area contributed by atoms with E-state index in [9.17, 15) is 9.90 Å². The van der Waals surface area contributed by atoms with Crippen molar-refractivity contribution in [2.75, 3.05) is 7.11 Å². The summed E-state index contributed by atoms with van der Waals surface area (Å²) in [5.41, 5.74) is 2.48. The van der Waals surface area contributed by atoms with Crippen molar-refractivity contribution >= 4 is 5.78 Å². The van der Waals surface area contributed by atoms with Crippen LogP contribution in [-0.4, -0.2) is 18.0 Å². The van der Waals surface area contributed by atoms with Gasteiger partial charge in [-0.05, 0) is 36.8 Å². The van der Waals surface area contributed by atoms with Gasteiger partial charge in [0, 0.05) is 0 Å². The van der Waals surface area contributed by atoms with E-state index in [4.69, 9.17) is 9.47 Å². The van der Waals surface area contributed by atoms with E-state index < -0.39 is 0 Å².